The molecule has 0 atom stereocenters. The molecule has 1 heterocycles. The Morgan fingerprint density at radius 3 is 2.13 bits per heavy atom. The van der Waals surface area contributed by atoms with Crippen LogP contribution in [0.1, 0.15) is 6.92 Å². The van der Waals surface area contributed by atoms with E-state index in [-0.39, 0.29) is 16.5 Å². The van der Waals surface area contributed by atoms with Crippen LogP contribution >= 0.6 is 11.6 Å². The van der Waals surface area contributed by atoms with Gasteiger partial charge in [-0.15, -0.1) is 0 Å². The number of hydrogen-bond donors (Lipinski definition) is 2. The Kier molecular flexibility index (Phi) is 5.92. The molecule has 1 aromatic heterocycles. The van der Waals surface area contributed by atoms with Crippen molar-refractivity contribution >= 4 is 50.0 Å². The van der Waals surface area contributed by atoms with E-state index in [9.17, 15) is 8.42 Å². The first-order chi connectivity index (χ1) is 15.0. The SMILES string of the molecule is CCOc1ccc(S(=O)(=O)Nc2nc3ccccc3nc2Nc2ccccc2Cl)cc1. The van der Waals surface area contributed by atoms with Gasteiger partial charge in [-0.1, -0.05) is 35.9 Å². The Morgan fingerprint density at radius 1 is 0.871 bits per heavy atom. The van der Waals surface area contributed by atoms with Gasteiger partial charge in [0.15, 0.2) is 11.6 Å². The summed E-state index contributed by atoms with van der Waals surface area (Å²) in [4.78, 5) is 9.10. The quantitative estimate of drug-likeness (QED) is 0.397. The van der Waals surface area contributed by atoms with Gasteiger partial charge in [-0.25, -0.2) is 18.4 Å². The highest BCUT2D eigenvalue weighted by atomic mass is 35.5. The predicted molar refractivity (Wildman–Crippen MR) is 123 cm³/mol. The first-order valence-corrected chi connectivity index (χ1v) is 11.4. The minimum absolute atomic E-state index is 0.0625. The Balaban J connectivity index is 1.73. The molecule has 0 saturated heterocycles. The van der Waals surface area contributed by atoms with E-state index in [1.807, 2.05) is 25.1 Å². The highest BCUT2D eigenvalue weighted by Crippen LogP contribution is 2.30. The molecule has 4 aromatic rings. The summed E-state index contributed by atoms with van der Waals surface area (Å²) < 4.78 is 33.9. The fraction of sp³-hybridized carbons (Fsp3) is 0.0909. The number of para-hydroxylation sites is 3. The lowest BCUT2D eigenvalue weighted by Crippen LogP contribution is -2.16. The molecule has 2 N–H and O–H groups in total. The van der Waals surface area contributed by atoms with E-state index in [0.717, 1.165) is 0 Å². The summed E-state index contributed by atoms with van der Waals surface area (Å²) in [5.74, 6) is 0.891. The number of ether oxygens (including phenoxy) is 1. The van der Waals surface area contributed by atoms with Gasteiger partial charge in [-0.3, -0.25) is 4.72 Å². The zero-order chi connectivity index (χ0) is 21.8. The van der Waals surface area contributed by atoms with Crippen LogP contribution < -0.4 is 14.8 Å². The number of halogens is 1. The number of aromatic nitrogens is 2. The van der Waals surface area contributed by atoms with Gasteiger partial charge in [0.1, 0.15) is 5.75 Å². The van der Waals surface area contributed by atoms with Crippen LogP contribution in [0.2, 0.25) is 5.02 Å². The second-order valence-corrected chi connectivity index (χ2v) is 8.61. The number of nitrogens with zero attached hydrogens (tertiary/aromatic N) is 2. The van der Waals surface area contributed by atoms with E-state index in [1.54, 1.807) is 42.5 Å². The molecule has 0 spiro atoms. The average Bonchev–Trinajstić information content (AvgIpc) is 2.76. The van der Waals surface area contributed by atoms with Gasteiger partial charge in [-0.2, -0.15) is 0 Å². The maximum atomic E-state index is 13.0. The summed E-state index contributed by atoms with van der Waals surface area (Å²) in [6.45, 7) is 2.35. The molecule has 0 saturated carbocycles. The standard InChI is InChI=1S/C22H19ClN4O3S/c1-2-30-15-11-13-16(14-12-15)31(28,29)27-22-21(24-18-8-4-3-7-17(18)23)25-19-9-5-6-10-20(19)26-22/h3-14H,2H2,1H3,(H,24,25)(H,26,27). The maximum Gasteiger partial charge on any atom is 0.263 e. The fourth-order valence-corrected chi connectivity index (χ4v) is 4.11. The van der Waals surface area contributed by atoms with E-state index >= 15 is 0 Å². The van der Waals surface area contributed by atoms with Gasteiger partial charge in [0, 0.05) is 0 Å². The third kappa shape index (κ3) is 4.70. The number of anilines is 3. The maximum absolute atomic E-state index is 13.0. The van der Waals surface area contributed by atoms with Crippen LogP contribution in [0.4, 0.5) is 17.3 Å². The normalized spacial score (nSPS) is 11.3. The second-order valence-electron chi connectivity index (χ2n) is 6.52. The monoisotopic (exact) mass is 454 g/mol. The molecule has 0 amide bonds. The number of fused-ring (bicyclic) bond motifs is 1. The molecule has 9 heteroatoms. The highest BCUT2D eigenvalue weighted by molar-refractivity contribution is 7.92. The van der Waals surface area contributed by atoms with Crippen molar-refractivity contribution in [1.82, 2.24) is 9.97 Å². The first kappa shape index (κ1) is 20.9. The number of sulfonamides is 1. The lowest BCUT2D eigenvalue weighted by molar-refractivity contribution is 0.340. The average molecular weight is 455 g/mol. The number of nitrogens with one attached hydrogen (secondary N) is 2. The molecule has 31 heavy (non-hydrogen) atoms. The number of rotatable bonds is 7. The van der Waals surface area contributed by atoms with Gasteiger partial charge in [0.05, 0.1) is 33.2 Å². The summed E-state index contributed by atoms with van der Waals surface area (Å²) in [6, 6.07) is 20.5. The first-order valence-electron chi connectivity index (χ1n) is 9.50. The second kappa shape index (κ2) is 8.79. The summed E-state index contributed by atoms with van der Waals surface area (Å²) in [5, 5.41) is 3.55. The van der Waals surface area contributed by atoms with E-state index in [1.165, 1.54) is 12.1 Å². The van der Waals surface area contributed by atoms with Crippen LogP contribution in [0.25, 0.3) is 11.0 Å². The molecule has 158 valence electrons. The third-order valence-corrected chi connectivity index (χ3v) is 6.06. The van der Waals surface area contributed by atoms with Gasteiger partial charge < -0.3 is 10.1 Å². The lowest BCUT2D eigenvalue weighted by atomic mass is 10.3. The zero-order valence-electron chi connectivity index (χ0n) is 16.5. The van der Waals surface area contributed by atoms with E-state index in [0.29, 0.717) is 34.1 Å². The van der Waals surface area contributed by atoms with Crippen molar-refractivity contribution < 1.29 is 13.2 Å². The van der Waals surface area contributed by atoms with E-state index in [4.69, 9.17) is 16.3 Å². The van der Waals surface area contributed by atoms with Crippen molar-refractivity contribution in [3.05, 3.63) is 77.8 Å². The highest BCUT2D eigenvalue weighted by Gasteiger charge is 2.19. The van der Waals surface area contributed by atoms with Crippen molar-refractivity contribution in [3.63, 3.8) is 0 Å². The van der Waals surface area contributed by atoms with E-state index in [2.05, 4.69) is 20.0 Å². The van der Waals surface area contributed by atoms with Gasteiger partial charge >= 0.3 is 0 Å². The van der Waals surface area contributed by atoms with Crippen molar-refractivity contribution in [3.8, 4) is 5.75 Å². The number of hydrogen-bond acceptors (Lipinski definition) is 6. The molecule has 0 aliphatic heterocycles. The lowest BCUT2D eigenvalue weighted by Gasteiger charge is -2.14. The summed E-state index contributed by atoms with van der Waals surface area (Å²) >= 11 is 6.25. The van der Waals surface area contributed by atoms with E-state index < -0.39 is 10.0 Å². The van der Waals surface area contributed by atoms with Crippen LogP contribution in [0.15, 0.2) is 77.7 Å². The predicted octanol–water partition coefficient (Wildman–Crippen LogP) is 5.23. The Labute approximate surface area is 185 Å². The molecule has 0 fully saturated rings. The van der Waals surface area contributed by atoms with Crippen LogP contribution in [-0.4, -0.2) is 25.0 Å². The minimum Gasteiger partial charge on any atom is -0.494 e. The summed E-state index contributed by atoms with van der Waals surface area (Å²) in [7, 11) is -3.92. The third-order valence-electron chi connectivity index (χ3n) is 4.37. The van der Waals surface area contributed by atoms with Crippen molar-refractivity contribution in [2.24, 2.45) is 0 Å². The fourth-order valence-electron chi connectivity index (χ4n) is 2.92. The molecular formula is C22H19ClN4O3S. The molecule has 4 rings (SSSR count). The molecule has 0 aliphatic carbocycles. The van der Waals surface area contributed by atoms with Crippen molar-refractivity contribution in [2.75, 3.05) is 16.6 Å². The van der Waals surface area contributed by atoms with Crippen molar-refractivity contribution in [2.45, 2.75) is 11.8 Å². The van der Waals surface area contributed by atoms with Gasteiger partial charge in [0.2, 0.25) is 0 Å². The Morgan fingerprint density at radius 2 is 1.48 bits per heavy atom. The molecule has 3 aromatic carbocycles. The largest absolute Gasteiger partial charge is 0.494 e. The smallest absolute Gasteiger partial charge is 0.263 e. The molecule has 0 radical (unpaired) electrons. The molecule has 0 unspecified atom stereocenters. The van der Waals surface area contributed by atoms with Crippen LogP contribution in [-0.2, 0) is 10.0 Å². The van der Waals surface area contributed by atoms with Crippen LogP contribution in [0.5, 0.6) is 5.75 Å². The molecule has 7 nitrogen and oxygen atoms in total. The van der Waals surface area contributed by atoms with Crippen LogP contribution in [0.3, 0.4) is 0 Å². The molecular weight excluding hydrogens is 436 g/mol. The molecule has 0 aliphatic rings. The van der Waals surface area contributed by atoms with Crippen molar-refractivity contribution in [1.29, 1.82) is 0 Å². The summed E-state index contributed by atoms with van der Waals surface area (Å²) in [5.41, 5.74) is 1.74. The minimum atomic E-state index is -3.92. The summed E-state index contributed by atoms with van der Waals surface area (Å²) in [6.07, 6.45) is 0. The molecule has 0 bridgehead atoms. The van der Waals surface area contributed by atoms with Gasteiger partial charge in [-0.05, 0) is 55.5 Å². The number of benzene rings is 3. The zero-order valence-corrected chi connectivity index (χ0v) is 18.1. The topological polar surface area (TPSA) is 93.2 Å². The Bertz CT molecular complexity index is 1330. The Hall–Kier alpha value is -3.36. The van der Waals surface area contributed by atoms with Crippen LogP contribution in [0, 0.1) is 0 Å². The van der Waals surface area contributed by atoms with Gasteiger partial charge in [0.25, 0.3) is 10.0 Å².